The molecule has 1 aliphatic heterocycles. The van der Waals surface area contributed by atoms with Gasteiger partial charge in [0, 0.05) is 36.9 Å². The van der Waals surface area contributed by atoms with E-state index in [0.29, 0.717) is 0 Å². The number of benzene rings is 2. The van der Waals surface area contributed by atoms with Crippen LogP contribution >= 0.6 is 22.9 Å². The molecule has 1 aliphatic rings. The van der Waals surface area contributed by atoms with Gasteiger partial charge in [0.2, 0.25) is 0 Å². The van der Waals surface area contributed by atoms with Crippen LogP contribution in [0.1, 0.15) is 16.7 Å². The summed E-state index contributed by atoms with van der Waals surface area (Å²) in [5.41, 5.74) is 6.16. The van der Waals surface area contributed by atoms with Gasteiger partial charge in [0.25, 0.3) is 0 Å². The highest BCUT2D eigenvalue weighted by atomic mass is 35.5. The highest BCUT2D eigenvalue weighted by Crippen LogP contribution is 2.34. The summed E-state index contributed by atoms with van der Waals surface area (Å²) in [5, 5.41) is 1.91. The zero-order valence-electron chi connectivity index (χ0n) is 14.8. The van der Waals surface area contributed by atoms with Crippen molar-refractivity contribution in [3.8, 4) is 0 Å². The minimum absolute atomic E-state index is 0.795. The Morgan fingerprint density at radius 3 is 2.44 bits per heavy atom. The fourth-order valence-corrected chi connectivity index (χ4v) is 4.65. The lowest BCUT2D eigenvalue weighted by Gasteiger charge is -2.36. The van der Waals surface area contributed by atoms with Gasteiger partial charge in [-0.05, 0) is 55.7 Å². The summed E-state index contributed by atoms with van der Waals surface area (Å²) in [4.78, 5) is 9.76. The molecule has 0 aliphatic carbocycles. The molecule has 2 heterocycles. The van der Waals surface area contributed by atoms with E-state index in [0.717, 1.165) is 47.4 Å². The molecule has 0 atom stereocenters. The fourth-order valence-electron chi connectivity index (χ4n) is 3.42. The highest BCUT2D eigenvalue weighted by Gasteiger charge is 2.21. The van der Waals surface area contributed by atoms with E-state index in [4.69, 9.17) is 16.6 Å². The second kappa shape index (κ2) is 6.50. The van der Waals surface area contributed by atoms with Crippen molar-refractivity contribution < 1.29 is 0 Å². The molecule has 5 heteroatoms. The van der Waals surface area contributed by atoms with Gasteiger partial charge in [-0.2, -0.15) is 0 Å². The predicted octanol–water partition coefficient (Wildman–Crippen LogP) is 5.20. The first kappa shape index (κ1) is 16.7. The molecule has 4 rings (SSSR count). The van der Waals surface area contributed by atoms with Crippen molar-refractivity contribution in [3.05, 3.63) is 52.0 Å². The van der Waals surface area contributed by atoms with E-state index in [-0.39, 0.29) is 0 Å². The summed E-state index contributed by atoms with van der Waals surface area (Å²) in [6.45, 7) is 10.5. The van der Waals surface area contributed by atoms with Crippen molar-refractivity contribution >= 4 is 44.0 Å². The van der Waals surface area contributed by atoms with Gasteiger partial charge in [-0.25, -0.2) is 4.98 Å². The Kier molecular flexibility index (Phi) is 4.34. The largest absolute Gasteiger partial charge is 0.368 e. The molecule has 0 saturated carbocycles. The van der Waals surface area contributed by atoms with E-state index >= 15 is 0 Å². The van der Waals surface area contributed by atoms with Gasteiger partial charge in [-0.3, -0.25) is 0 Å². The number of rotatable bonds is 2. The van der Waals surface area contributed by atoms with Crippen LogP contribution < -0.4 is 9.80 Å². The summed E-state index contributed by atoms with van der Waals surface area (Å²) in [5.74, 6) is 0. The number of aromatic nitrogens is 1. The average molecular weight is 372 g/mol. The normalized spacial score (nSPS) is 15.2. The Balaban J connectivity index is 1.54. The zero-order valence-corrected chi connectivity index (χ0v) is 16.4. The van der Waals surface area contributed by atoms with Crippen LogP contribution in [0.2, 0.25) is 5.02 Å². The summed E-state index contributed by atoms with van der Waals surface area (Å²) in [6, 6.07) is 10.8. The zero-order chi connectivity index (χ0) is 17.6. The minimum Gasteiger partial charge on any atom is -0.368 e. The third-order valence-electron chi connectivity index (χ3n) is 4.99. The van der Waals surface area contributed by atoms with Crippen LogP contribution in [0.25, 0.3) is 10.2 Å². The summed E-state index contributed by atoms with van der Waals surface area (Å²) in [7, 11) is 0. The van der Waals surface area contributed by atoms with Crippen LogP contribution in [-0.4, -0.2) is 31.2 Å². The van der Waals surface area contributed by atoms with E-state index in [2.05, 4.69) is 47.9 Å². The maximum Gasteiger partial charge on any atom is 0.186 e. The first-order valence-corrected chi connectivity index (χ1v) is 9.85. The van der Waals surface area contributed by atoms with Crippen LogP contribution in [0.4, 0.5) is 10.8 Å². The first-order valence-electron chi connectivity index (χ1n) is 8.66. The maximum absolute atomic E-state index is 6.24. The van der Waals surface area contributed by atoms with Crippen molar-refractivity contribution in [1.29, 1.82) is 0 Å². The van der Waals surface area contributed by atoms with Gasteiger partial charge < -0.3 is 9.80 Å². The van der Waals surface area contributed by atoms with Gasteiger partial charge >= 0.3 is 0 Å². The fraction of sp³-hybridized carbons (Fsp3) is 0.350. The average Bonchev–Trinajstić information content (AvgIpc) is 3.06. The molecule has 0 N–H and O–H groups in total. The Morgan fingerprint density at radius 2 is 1.68 bits per heavy atom. The molecule has 0 unspecified atom stereocenters. The van der Waals surface area contributed by atoms with Crippen LogP contribution in [0.5, 0.6) is 0 Å². The number of fused-ring (bicyclic) bond motifs is 1. The summed E-state index contributed by atoms with van der Waals surface area (Å²) in [6.07, 6.45) is 0. The predicted molar refractivity (Wildman–Crippen MR) is 110 cm³/mol. The standard InChI is InChI=1S/C20H22ClN3S/c1-13-4-5-14(2)17(12-13)23-8-10-24(11-9-23)20-22-19-15(3)16(21)6-7-18(19)25-20/h4-7,12H,8-11H2,1-3H3. The molecule has 2 aromatic carbocycles. The highest BCUT2D eigenvalue weighted by molar-refractivity contribution is 7.22. The molecule has 1 fully saturated rings. The monoisotopic (exact) mass is 371 g/mol. The van der Waals surface area contributed by atoms with Crippen molar-refractivity contribution in [1.82, 2.24) is 4.98 Å². The number of hydrogen-bond donors (Lipinski definition) is 0. The molecule has 0 bridgehead atoms. The van der Waals surface area contributed by atoms with Gasteiger partial charge in [0.1, 0.15) is 0 Å². The Morgan fingerprint density at radius 1 is 0.960 bits per heavy atom. The second-order valence-corrected chi connectivity index (χ2v) is 8.20. The van der Waals surface area contributed by atoms with Crippen LogP contribution in [-0.2, 0) is 0 Å². The lowest BCUT2D eigenvalue weighted by Crippen LogP contribution is -2.46. The molecule has 1 aromatic heterocycles. The SMILES string of the molecule is Cc1ccc(C)c(N2CCN(c3nc4c(C)c(Cl)ccc4s3)CC2)c1. The molecule has 25 heavy (non-hydrogen) atoms. The Labute approximate surface area is 157 Å². The quantitative estimate of drug-likeness (QED) is 0.617. The molecule has 1 saturated heterocycles. The number of halogens is 1. The lowest BCUT2D eigenvalue weighted by atomic mass is 10.1. The molecule has 3 aromatic rings. The number of thiazole rings is 1. The summed E-state index contributed by atoms with van der Waals surface area (Å²) >= 11 is 8.01. The molecular formula is C20H22ClN3S. The molecule has 130 valence electrons. The van der Waals surface area contributed by atoms with E-state index < -0.39 is 0 Å². The van der Waals surface area contributed by atoms with Crippen LogP contribution in [0.3, 0.4) is 0 Å². The van der Waals surface area contributed by atoms with E-state index in [1.807, 2.05) is 13.0 Å². The summed E-state index contributed by atoms with van der Waals surface area (Å²) < 4.78 is 1.22. The Hall–Kier alpha value is -1.78. The van der Waals surface area contributed by atoms with Gasteiger partial charge in [0.15, 0.2) is 5.13 Å². The van der Waals surface area contributed by atoms with Crippen LogP contribution in [0, 0.1) is 20.8 Å². The minimum atomic E-state index is 0.795. The second-order valence-electron chi connectivity index (χ2n) is 6.78. The molecule has 0 spiro atoms. The van der Waals surface area contributed by atoms with Gasteiger partial charge in [-0.1, -0.05) is 35.1 Å². The third kappa shape index (κ3) is 3.09. The molecule has 3 nitrogen and oxygen atoms in total. The van der Waals surface area contributed by atoms with Gasteiger partial charge in [-0.15, -0.1) is 0 Å². The Bertz CT molecular complexity index is 926. The molecule has 0 radical (unpaired) electrons. The van der Waals surface area contributed by atoms with Crippen molar-refractivity contribution in [2.24, 2.45) is 0 Å². The van der Waals surface area contributed by atoms with Crippen molar-refractivity contribution in [2.75, 3.05) is 36.0 Å². The first-order chi connectivity index (χ1) is 12.0. The number of piperazine rings is 1. The van der Waals surface area contributed by atoms with Gasteiger partial charge in [0.05, 0.1) is 10.2 Å². The number of anilines is 2. The van der Waals surface area contributed by atoms with E-state index in [9.17, 15) is 0 Å². The van der Waals surface area contributed by atoms with E-state index in [1.165, 1.54) is 21.5 Å². The van der Waals surface area contributed by atoms with Crippen molar-refractivity contribution in [3.63, 3.8) is 0 Å². The smallest absolute Gasteiger partial charge is 0.186 e. The lowest BCUT2D eigenvalue weighted by molar-refractivity contribution is 0.651. The number of hydrogen-bond acceptors (Lipinski definition) is 4. The topological polar surface area (TPSA) is 19.4 Å². The maximum atomic E-state index is 6.24. The van der Waals surface area contributed by atoms with Crippen molar-refractivity contribution in [2.45, 2.75) is 20.8 Å². The van der Waals surface area contributed by atoms with Crippen LogP contribution in [0.15, 0.2) is 30.3 Å². The number of aryl methyl sites for hydroxylation is 3. The number of nitrogens with zero attached hydrogens (tertiary/aromatic N) is 3. The molecular weight excluding hydrogens is 350 g/mol. The van der Waals surface area contributed by atoms with E-state index in [1.54, 1.807) is 11.3 Å². The third-order valence-corrected chi connectivity index (χ3v) is 6.48. The molecule has 0 amide bonds.